The fourth-order valence-corrected chi connectivity index (χ4v) is 4.68. The van der Waals surface area contributed by atoms with Crippen LogP contribution >= 0.6 is 0 Å². The third kappa shape index (κ3) is 9.65. The number of amides is 4. The summed E-state index contributed by atoms with van der Waals surface area (Å²) >= 11 is 0. The van der Waals surface area contributed by atoms with Crippen LogP contribution in [0, 0.1) is 6.92 Å². The Balaban J connectivity index is 2.48. The van der Waals surface area contributed by atoms with Crippen LogP contribution in [0.4, 0.5) is 4.79 Å². The van der Waals surface area contributed by atoms with E-state index in [4.69, 9.17) is 10.5 Å². The number of carbonyl (C=O) groups excluding carboxylic acids is 4. The number of primary amides is 1. The number of hydrogen-bond donors (Lipinski definition) is 3. The van der Waals surface area contributed by atoms with Crippen LogP contribution in [0.25, 0.3) is 0 Å². The second kappa shape index (κ2) is 14.2. The highest BCUT2D eigenvalue weighted by Crippen LogP contribution is 2.28. The summed E-state index contributed by atoms with van der Waals surface area (Å²) < 4.78 is 5.38. The van der Waals surface area contributed by atoms with Crippen LogP contribution in [0.15, 0.2) is 24.3 Å². The van der Waals surface area contributed by atoms with Gasteiger partial charge in [-0.15, -0.1) is 0 Å². The molecule has 3 unspecified atom stereocenters. The molecule has 0 aliphatic heterocycles. The molecule has 0 saturated heterocycles. The highest BCUT2D eigenvalue weighted by atomic mass is 16.6. The van der Waals surface area contributed by atoms with Gasteiger partial charge in [0.05, 0.1) is 0 Å². The summed E-state index contributed by atoms with van der Waals surface area (Å²) in [5.41, 5.74) is 6.32. The highest BCUT2D eigenvalue weighted by Gasteiger charge is 2.39. The van der Waals surface area contributed by atoms with Crippen LogP contribution in [0.3, 0.4) is 0 Å². The van der Waals surface area contributed by atoms with Crippen LogP contribution in [-0.4, -0.2) is 52.4 Å². The molecule has 1 aliphatic rings. The number of aryl methyl sites for hydroxylation is 1. The van der Waals surface area contributed by atoms with E-state index >= 15 is 0 Å². The predicted octanol–water partition coefficient (Wildman–Crippen LogP) is 4.27. The van der Waals surface area contributed by atoms with Gasteiger partial charge in [-0.1, -0.05) is 56.0 Å². The molecule has 0 aromatic heterocycles. The van der Waals surface area contributed by atoms with Crippen molar-refractivity contribution in [3.05, 3.63) is 35.4 Å². The largest absolute Gasteiger partial charge is 0.444 e. The van der Waals surface area contributed by atoms with E-state index in [2.05, 4.69) is 10.6 Å². The second-order valence-corrected chi connectivity index (χ2v) is 11.4. The van der Waals surface area contributed by atoms with Crippen molar-refractivity contribution in [2.45, 2.75) is 123 Å². The van der Waals surface area contributed by atoms with E-state index in [1.807, 2.05) is 45.0 Å². The lowest BCUT2D eigenvalue weighted by molar-refractivity contribution is -0.145. The summed E-state index contributed by atoms with van der Waals surface area (Å²) in [6, 6.07) is 5.29. The van der Waals surface area contributed by atoms with E-state index in [9.17, 15) is 19.2 Å². The normalized spacial score (nSPS) is 16.6. The maximum absolute atomic E-state index is 14.2. The number of ether oxygens (including phenoxy) is 1. The van der Waals surface area contributed by atoms with E-state index in [0.717, 1.165) is 37.7 Å². The van der Waals surface area contributed by atoms with Crippen molar-refractivity contribution in [2.24, 2.45) is 5.73 Å². The average Bonchev–Trinajstić information content (AvgIpc) is 2.84. The zero-order chi connectivity index (χ0) is 28.5. The summed E-state index contributed by atoms with van der Waals surface area (Å²) in [5, 5.41) is 5.82. The summed E-state index contributed by atoms with van der Waals surface area (Å²) in [6.45, 7) is 11.0. The third-order valence-electron chi connectivity index (χ3n) is 6.86. The van der Waals surface area contributed by atoms with Gasteiger partial charge in [0, 0.05) is 18.5 Å². The Bertz CT molecular complexity index is 951. The molecule has 1 fully saturated rings. The highest BCUT2D eigenvalue weighted by molar-refractivity contribution is 5.92. The number of nitrogens with one attached hydrogen (secondary N) is 2. The van der Waals surface area contributed by atoms with Crippen molar-refractivity contribution in [2.75, 3.05) is 0 Å². The minimum absolute atomic E-state index is 0.00872. The van der Waals surface area contributed by atoms with Crippen LogP contribution in [0.1, 0.15) is 103 Å². The number of carbonyl (C=O) groups is 4. The molecule has 1 aromatic carbocycles. The summed E-state index contributed by atoms with van der Waals surface area (Å²) in [7, 11) is 0. The van der Waals surface area contributed by atoms with E-state index in [1.54, 1.807) is 25.7 Å². The fourth-order valence-electron chi connectivity index (χ4n) is 4.68. The van der Waals surface area contributed by atoms with Crippen LogP contribution < -0.4 is 16.4 Å². The fraction of sp³-hybridized carbons (Fsp3) is 0.655. The number of benzene rings is 1. The molecule has 1 saturated carbocycles. The average molecular weight is 531 g/mol. The topological polar surface area (TPSA) is 131 Å². The minimum atomic E-state index is -1.10. The molecule has 4 N–H and O–H groups in total. The first kappa shape index (κ1) is 31.1. The lowest BCUT2D eigenvalue weighted by atomic mass is 9.94. The molecule has 0 bridgehead atoms. The molecule has 0 heterocycles. The first-order chi connectivity index (χ1) is 17.8. The van der Waals surface area contributed by atoms with E-state index in [1.165, 1.54) is 0 Å². The van der Waals surface area contributed by atoms with E-state index < -0.39 is 35.6 Å². The smallest absolute Gasteiger partial charge is 0.408 e. The number of nitrogens with zero attached hydrogens (tertiary/aromatic N) is 1. The van der Waals surface area contributed by atoms with Crippen LogP contribution in [-0.2, 0) is 19.1 Å². The Morgan fingerprint density at radius 2 is 1.68 bits per heavy atom. The molecule has 1 aromatic rings. The maximum atomic E-state index is 14.2. The van der Waals surface area contributed by atoms with E-state index in [-0.39, 0.29) is 30.8 Å². The molecule has 9 nitrogen and oxygen atoms in total. The molecule has 9 heteroatoms. The minimum Gasteiger partial charge on any atom is -0.444 e. The molecule has 1 aliphatic carbocycles. The van der Waals surface area contributed by atoms with Crippen molar-refractivity contribution in [3.63, 3.8) is 0 Å². The SMILES string of the molecule is CCC(C)N(C(=O)C(CCC(N)=O)NC(=O)OC(C)(C)C)C(C(=O)NC1CCCCC1)c1ccc(C)cc1. The summed E-state index contributed by atoms with van der Waals surface area (Å²) in [5.74, 6) is -1.30. The van der Waals surface area contributed by atoms with Gasteiger partial charge in [0.1, 0.15) is 17.7 Å². The van der Waals surface area contributed by atoms with Gasteiger partial charge < -0.3 is 26.0 Å². The Labute approximate surface area is 227 Å². The standard InChI is InChI=1S/C29H46N4O5/c1-7-20(3)33(27(36)23(17-18-24(30)34)32-28(37)38-29(4,5)6)25(21-15-13-19(2)14-16-21)26(35)31-22-11-9-8-10-12-22/h13-16,20,22-23,25H,7-12,17-18H2,1-6H3,(H2,30,34)(H,31,35)(H,32,37). The number of hydrogen-bond acceptors (Lipinski definition) is 5. The Morgan fingerprint density at radius 1 is 1.08 bits per heavy atom. The monoisotopic (exact) mass is 530 g/mol. The third-order valence-corrected chi connectivity index (χ3v) is 6.86. The Hall–Kier alpha value is -3.10. The van der Waals surface area contributed by atoms with Crippen LogP contribution in [0.2, 0.25) is 0 Å². The van der Waals surface area contributed by atoms with Gasteiger partial charge in [-0.25, -0.2) is 4.79 Å². The molecule has 212 valence electrons. The summed E-state index contributed by atoms with van der Waals surface area (Å²) in [6.07, 6.45) is 4.78. The first-order valence-electron chi connectivity index (χ1n) is 13.8. The molecule has 3 atom stereocenters. The zero-order valence-electron chi connectivity index (χ0n) is 23.8. The quantitative estimate of drug-likeness (QED) is 0.393. The number of rotatable bonds is 11. The van der Waals surface area contributed by atoms with Crippen molar-refractivity contribution >= 4 is 23.8 Å². The summed E-state index contributed by atoms with van der Waals surface area (Å²) in [4.78, 5) is 53.8. The molecule has 2 rings (SSSR count). The van der Waals surface area contributed by atoms with Crippen molar-refractivity contribution in [3.8, 4) is 0 Å². The van der Waals surface area contributed by atoms with Gasteiger partial charge in [-0.2, -0.15) is 0 Å². The second-order valence-electron chi connectivity index (χ2n) is 11.4. The van der Waals surface area contributed by atoms with E-state index in [0.29, 0.717) is 12.0 Å². The number of alkyl carbamates (subject to hydrolysis) is 1. The van der Waals surface area contributed by atoms with Gasteiger partial charge in [0.2, 0.25) is 17.7 Å². The Morgan fingerprint density at radius 3 is 2.21 bits per heavy atom. The molecular weight excluding hydrogens is 484 g/mol. The van der Waals surface area contributed by atoms with Gasteiger partial charge in [-0.3, -0.25) is 14.4 Å². The molecule has 4 amide bonds. The van der Waals surface area contributed by atoms with Crippen molar-refractivity contribution in [1.82, 2.24) is 15.5 Å². The van der Waals surface area contributed by atoms with Gasteiger partial charge >= 0.3 is 6.09 Å². The van der Waals surface area contributed by atoms with Crippen LogP contribution in [0.5, 0.6) is 0 Å². The lowest BCUT2D eigenvalue weighted by Crippen LogP contribution is -2.56. The molecule has 0 spiro atoms. The lowest BCUT2D eigenvalue weighted by Gasteiger charge is -2.39. The Kier molecular flexibility index (Phi) is 11.6. The van der Waals surface area contributed by atoms with Crippen molar-refractivity contribution < 1.29 is 23.9 Å². The van der Waals surface area contributed by atoms with Gasteiger partial charge in [0.15, 0.2) is 0 Å². The molecule has 0 radical (unpaired) electrons. The van der Waals surface area contributed by atoms with Gasteiger partial charge in [-0.05, 0) is 65.9 Å². The van der Waals surface area contributed by atoms with Gasteiger partial charge in [0.25, 0.3) is 0 Å². The predicted molar refractivity (Wildman–Crippen MR) is 147 cm³/mol. The molecule has 38 heavy (non-hydrogen) atoms. The number of nitrogens with two attached hydrogens (primary N) is 1. The van der Waals surface area contributed by atoms with Crippen molar-refractivity contribution in [1.29, 1.82) is 0 Å². The zero-order valence-corrected chi connectivity index (χ0v) is 23.8. The maximum Gasteiger partial charge on any atom is 0.408 e. The molecular formula is C29H46N4O5. The first-order valence-corrected chi connectivity index (χ1v) is 13.8.